The Morgan fingerprint density at radius 2 is 1.78 bits per heavy atom. The second-order valence-electron chi connectivity index (χ2n) is 6.06. The molecule has 8 nitrogen and oxygen atoms in total. The first-order chi connectivity index (χ1) is 12.7. The first kappa shape index (κ1) is 18.9. The van der Waals surface area contributed by atoms with Gasteiger partial charge in [-0.25, -0.2) is 14.3 Å². The van der Waals surface area contributed by atoms with E-state index in [0.717, 1.165) is 6.07 Å². The molecule has 1 aliphatic rings. The Morgan fingerprint density at radius 1 is 1.15 bits per heavy atom. The topological polar surface area (TPSA) is 80.0 Å². The van der Waals surface area contributed by atoms with Crippen LogP contribution >= 0.6 is 0 Å². The van der Waals surface area contributed by atoms with Gasteiger partial charge in [0.05, 0.1) is 6.61 Å². The molecule has 1 aliphatic heterocycles. The smallest absolute Gasteiger partial charge is 0.433 e. The molecule has 0 spiro atoms. The van der Waals surface area contributed by atoms with Crippen molar-refractivity contribution in [1.82, 2.24) is 24.4 Å². The van der Waals surface area contributed by atoms with Crippen LogP contribution in [0, 0.1) is 6.92 Å². The van der Waals surface area contributed by atoms with Crippen molar-refractivity contribution < 1.29 is 27.5 Å². The molecule has 11 heteroatoms. The van der Waals surface area contributed by atoms with E-state index in [-0.39, 0.29) is 49.8 Å². The maximum Gasteiger partial charge on any atom is 0.433 e. The van der Waals surface area contributed by atoms with E-state index in [1.54, 1.807) is 6.92 Å². The van der Waals surface area contributed by atoms with Crippen LogP contribution in [0.3, 0.4) is 0 Å². The lowest BCUT2D eigenvalue weighted by molar-refractivity contribution is -0.142. The third kappa shape index (κ3) is 3.81. The number of hydrogen-bond donors (Lipinski definition) is 0. The summed E-state index contributed by atoms with van der Waals surface area (Å²) in [5, 5.41) is 3.82. The molecule has 2 amide bonds. The molecule has 0 saturated carbocycles. The van der Waals surface area contributed by atoms with E-state index in [1.807, 2.05) is 0 Å². The molecule has 0 aromatic carbocycles. The van der Waals surface area contributed by atoms with E-state index >= 15 is 0 Å². The van der Waals surface area contributed by atoms with Gasteiger partial charge in [-0.15, -0.1) is 0 Å². The minimum atomic E-state index is -4.62. The molecule has 0 unspecified atom stereocenters. The van der Waals surface area contributed by atoms with Gasteiger partial charge >= 0.3 is 12.3 Å². The van der Waals surface area contributed by atoms with Crippen molar-refractivity contribution in [2.45, 2.75) is 20.0 Å². The van der Waals surface area contributed by atoms with Gasteiger partial charge in [-0.1, -0.05) is 0 Å². The standard InChI is InChI=1S/C16H18F3N5O3/c1-3-27-15(26)23-6-4-22(5-7-23)14(25)11-9-13-20-10(2)8-12(16(17,18)19)24(13)21-11/h8-9H,3-7H2,1-2H3. The van der Waals surface area contributed by atoms with Crippen molar-refractivity contribution in [3.63, 3.8) is 0 Å². The number of piperazine rings is 1. The molecule has 1 saturated heterocycles. The number of hydrogen-bond acceptors (Lipinski definition) is 5. The van der Waals surface area contributed by atoms with E-state index in [2.05, 4.69) is 10.1 Å². The van der Waals surface area contributed by atoms with E-state index in [0.29, 0.717) is 4.52 Å². The van der Waals surface area contributed by atoms with Gasteiger partial charge in [-0.3, -0.25) is 4.79 Å². The SMILES string of the molecule is CCOC(=O)N1CCN(C(=O)c2cc3nc(C)cc(C(F)(F)F)n3n2)CC1. The van der Waals surface area contributed by atoms with E-state index in [9.17, 15) is 22.8 Å². The Kier molecular flexibility index (Phi) is 4.94. The number of alkyl halides is 3. The molecule has 0 radical (unpaired) electrons. The Hall–Kier alpha value is -2.85. The highest BCUT2D eigenvalue weighted by molar-refractivity contribution is 5.93. The quantitative estimate of drug-likeness (QED) is 0.790. The molecule has 2 aromatic rings. The Bertz CT molecular complexity index is 872. The number of nitrogens with zero attached hydrogens (tertiary/aromatic N) is 5. The molecule has 0 N–H and O–H groups in total. The lowest BCUT2D eigenvalue weighted by atomic mass is 10.3. The zero-order valence-corrected chi connectivity index (χ0v) is 14.8. The number of halogens is 3. The molecule has 146 valence electrons. The maximum absolute atomic E-state index is 13.2. The van der Waals surface area contributed by atoms with Crippen molar-refractivity contribution in [2.75, 3.05) is 32.8 Å². The molecule has 3 heterocycles. The zero-order chi connectivity index (χ0) is 19.8. The van der Waals surface area contributed by atoms with Crippen LogP contribution in [0.15, 0.2) is 12.1 Å². The summed E-state index contributed by atoms with van der Waals surface area (Å²) in [4.78, 5) is 31.3. The molecule has 0 atom stereocenters. The van der Waals surface area contributed by atoms with Gasteiger partial charge in [0.25, 0.3) is 5.91 Å². The van der Waals surface area contributed by atoms with Crippen molar-refractivity contribution in [2.24, 2.45) is 0 Å². The van der Waals surface area contributed by atoms with Gasteiger partial charge in [0, 0.05) is 37.9 Å². The van der Waals surface area contributed by atoms with Crippen molar-refractivity contribution in [1.29, 1.82) is 0 Å². The van der Waals surface area contributed by atoms with Crippen LogP contribution in [0.4, 0.5) is 18.0 Å². The summed E-state index contributed by atoms with van der Waals surface area (Å²) in [5.74, 6) is -0.505. The Labute approximate surface area is 152 Å². The number of carbonyl (C=O) groups is 2. The lowest BCUT2D eigenvalue weighted by Crippen LogP contribution is -2.50. The maximum atomic E-state index is 13.2. The first-order valence-electron chi connectivity index (χ1n) is 8.36. The van der Waals surface area contributed by atoms with Crippen molar-refractivity contribution in [3.8, 4) is 0 Å². The van der Waals surface area contributed by atoms with E-state index in [4.69, 9.17) is 4.74 Å². The predicted molar refractivity (Wildman–Crippen MR) is 87.2 cm³/mol. The summed E-state index contributed by atoms with van der Waals surface area (Å²) >= 11 is 0. The Balaban J connectivity index is 1.80. The summed E-state index contributed by atoms with van der Waals surface area (Å²) in [7, 11) is 0. The normalized spacial score (nSPS) is 15.3. The molecule has 2 aromatic heterocycles. The number of aryl methyl sites for hydroxylation is 1. The Morgan fingerprint density at radius 3 is 2.37 bits per heavy atom. The van der Waals surface area contributed by atoms with Crippen LogP contribution in [-0.4, -0.2) is 69.2 Å². The van der Waals surface area contributed by atoms with E-state index in [1.165, 1.54) is 22.8 Å². The molecule has 0 bridgehead atoms. The average Bonchev–Trinajstić information content (AvgIpc) is 3.03. The number of rotatable bonds is 2. The van der Waals surface area contributed by atoms with Gasteiger partial charge < -0.3 is 14.5 Å². The van der Waals surface area contributed by atoms with Gasteiger partial charge in [0.15, 0.2) is 11.3 Å². The first-order valence-corrected chi connectivity index (χ1v) is 8.36. The minimum Gasteiger partial charge on any atom is -0.450 e. The summed E-state index contributed by atoms with van der Waals surface area (Å²) < 4.78 is 45.2. The van der Waals surface area contributed by atoms with Crippen molar-refractivity contribution >= 4 is 17.6 Å². The zero-order valence-electron chi connectivity index (χ0n) is 14.8. The third-order valence-electron chi connectivity index (χ3n) is 4.16. The van der Waals surface area contributed by atoms with Crippen LogP contribution in [0.1, 0.15) is 28.8 Å². The highest BCUT2D eigenvalue weighted by Crippen LogP contribution is 2.30. The summed E-state index contributed by atoms with van der Waals surface area (Å²) in [5.41, 5.74) is -0.980. The van der Waals surface area contributed by atoms with Crippen LogP contribution in [-0.2, 0) is 10.9 Å². The average molecular weight is 385 g/mol. The molecule has 27 heavy (non-hydrogen) atoms. The number of fused-ring (bicyclic) bond motifs is 1. The monoisotopic (exact) mass is 385 g/mol. The summed E-state index contributed by atoms with van der Waals surface area (Å²) in [6.45, 7) is 4.44. The summed E-state index contributed by atoms with van der Waals surface area (Å²) in [6.07, 6.45) is -5.07. The van der Waals surface area contributed by atoms with Crippen LogP contribution in [0.5, 0.6) is 0 Å². The fraction of sp³-hybridized carbons (Fsp3) is 0.500. The third-order valence-corrected chi connectivity index (χ3v) is 4.16. The summed E-state index contributed by atoms with van der Waals surface area (Å²) in [6, 6.07) is 2.12. The fourth-order valence-electron chi connectivity index (χ4n) is 2.88. The fourth-order valence-corrected chi connectivity index (χ4v) is 2.88. The minimum absolute atomic E-state index is 0.0455. The van der Waals surface area contributed by atoms with Gasteiger partial charge in [-0.2, -0.15) is 18.3 Å². The van der Waals surface area contributed by atoms with Crippen LogP contribution in [0.25, 0.3) is 5.65 Å². The number of carbonyl (C=O) groups excluding carboxylic acids is 2. The van der Waals surface area contributed by atoms with Crippen molar-refractivity contribution in [3.05, 3.63) is 29.2 Å². The van der Waals surface area contributed by atoms with Gasteiger partial charge in [0.1, 0.15) is 5.69 Å². The second-order valence-corrected chi connectivity index (χ2v) is 6.06. The number of amides is 2. The number of ether oxygens (including phenoxy) is 1. The second kappa shape index (κ2) is 7.05. The molecular weight excluding hydrogens is 367 g/mol. The largest absolute Gasteiger partial charge is 0.450 e. The van der Waals surface area contributed by atoms with E-state index < -0.39 is 23.9 Å². The van der Waals surface area contributed by atoms with Gasteiger partial charge in [-0.05, 0) is 19.9 Å². The van der Waals surface area contributed by atoms with Gasteiger partial charge in [0.2, 0.25) is 0 Å². The van der Waals surface area contributed by atoms with Crippen LogP contribution in [0.2, 0.25) is 0 Å². The molecular formula is C16H18F3N5O3. The predicted octanol–water partition coefficient (Wildman–Crippen LogP) is 1.97. The van der Waals surface area contributed by atoms with Crippen LogP contribution < -0.4 is 0 Å². The molecule has 0 aliphatic carbocycles. The molecule has 3 rings (SSSR count). The highest BCUT2D eigenvalue weighted by atomic mass is 19.4. The number of aromatic nitrogens is 3. The highest BCUT2D eigenvalue weighted by Gasteiger charge is 2.35. The molecule has 1 fully saturated rings. The lowest BCUT2D eigenvalue weighted by Gasteiger charge is -2.33.